The predicted octanol–water partition coefficient (Wildman–Crippen LogP) is 5.90. The van der Waals surface area contributed by atoms with Gasteiger partial charge in [0.25, 0.3) is 6.26 Å². The number of hydrogen-bond acceptors (Lipinski definition) is 4. The van der Waals surface area contributed by atoms with Crippen molar-refractivity contribution < 1.29 is 4.74 Å². The van der Waals surface area contributed by atoms with Gasteiger partial charge in [0, 0.05) is 23.2 Å². The molecule has 1 atom stereocenters. The molecule has 0 aliphatic carbocycles. The molecule has 0 fully saturated rings. The second-order valence-electron chi connectivity index (χ2n) is 7.03. The van der Waals surface area contributed by atoms with E-state index in [1.54, 1.807) is 6.26 Å². The highest BCUT2D eigenvalue weighted by atomic mass is 16.5. The van der Waals surface area contributed by atoms with Gasteiger partial charge in [-0.15, -0.1) is 0 Å². The minimum absolute atomic E-state index is 0.166. The van der Waals surface area contributed by atoms with E-state index in [2.05, 4.69) is 35.9 Å². The molecule has 1 aliphatic heterocycles. The van der Waals surface area contributed by atoms with Crippen LogP contribution in [0.2, 0.25) is 0 Å². The molecule has 2 N–H and O–H groups in total. The largest absolute Gasteiger partial charge is 0.423 e. The second-order valence-corrected chi connectivity index (χ2v) is 7.03. The molecule has 3 rings (SSSR count). The summed E-state index contributed by atoms with van der Waals surface area (Å²) in [6, 6.07) is 17.8. The van der Waals surface area contributed by atoms with Crippen LogP contribution in [-0.2, 0) is 11.3 Å². The Kier molecular flexibility index (Phi) is 6.91. The number of allylic oxidation sites excluding steroid dienone is 5. The van der Waals surface area contributed by atoms with Crippen LogP contribution in [0.25, 0.3) is 0 Å². The minimum atomic E-state index is -0.166. The molecule has 0 amide bonds. The summed E-state index contributed by atoms with van der Waals surface area (Å²) >= 11 is 0. The van der Waals surface area contributed by atoms with E-state index < -0.39 is 0 Å². The Morgan fingerprint density at radius 2 is 2.00 bits per heavy atom. The molecule has 1 unspecified atom stereocenters. The first kappa shape index (κ1) is 20.8. The Bertz CT molecular complexity index is 1060. The molecule has 150 valence electrons. The van der Waals surface area contributed by atoms with Crippen molar-refractivity contribution in [3.8, 4) is 6.26 Å². The average molecular weight is 396 g/mol. The highest BCUT2D eigenvalue weighted by molar-refractivity contribution is 5.58. The van der Waals surface area contributed by atoms with Crippen molar-refractivity contribution in [3.05, 3.63) is 126 Å². The fraction of sp³-hybridized carbons (Fsp3) is 0.115. The molecular formula is C26H25N3O. The molecular weight excluding hydrogens is 370 g/mol. The first-order valence-electron chi connectivity index (χ1n) is 9.70. The number of hydrogen-bond donors (Lipinski definition) is 2. The van der Waals surface area contributed by atoms with Crippen LogP contribution in [0.15, 0.2) is 115 Å². The number of rotatable bonds is 7. The Labute approximate surface area is 178 Å². The lowest BCUT2D eigenvalue weighted by atomic mass is 9.90. The summed E-state index contributed by atoms with van der Waals surface area (Å²) in [7, 11) is 0. The Hall–Kier alpha value is -3.97. The van der Waals surface area contributed by atoms with Crippen LogP contribution in [0.5, 0.6) is 0 Å². The molecule has 0 bridgehead atoms. The first-order chi connectivity index (χ1) is 14.6. The Balaban J connectivity index is 1.94. The van der Waals surface area contributed by atoms with E-state index in [1.165, 1.54) is 0 Å². The minimum Gasteiger partial charge on any atom is -0.423 e. The number of anilines is 1. The van der Waals surface area contributed by atoms with Gasteiger partial charge in [-0.05, 0) is 47.4 Å². The maximum absolute atomic E-state index is 8.67. The van der Waals surface area contributed by atoms with Gasteiger partial charge in [0.05, 0.1) is 6.04 Å². The van der Waals surface area contributed by atoms with Gasteiger partial charge in [-0.3, -0.25) is 0 Å². The van der Waals surface area contributed by atoms with Crippen molar-refractivity contribution >= 4 is 5.69 Å². The van der Waals surface area contributed by atoms with E-state index in [0.29, 0.717) is 0 Å². The zero-order chi connectivity index (χ0) is 21.3. The van der Waals surface area contributed by atoms with Crippen LogP contribution in [0.4, 0.5) is 5.69 Å². The van der Waals surface area contributed by atoms with Crippen LogP contribution in [-0.4, -0.2) is 0 Å². The van der Waals surface area contributed by atoms with E-state index in [-0.39, 0.29) is 12.6 Å². The van der Waals surface area contributed by atoms with Crippen LogP contribution in [0, 0.1) is 11.5 Å². The number of nitriles is 1. The summed E-state index contributed by atoms with van der Waals surface area (Å²) in [5.41, 5.74) is 6.70. The Morgan fingerprint density at radius 3 is 2.77 bits per heavy atom. The third-order valence-electron chi connectivity index (χ3n) is 4.80. The van der Waals surface area contributed by atoms with Crippen molar-refractivity contribution in [2.75, 3.05) is 5.32 Å². The second kappa shape index (κ2) is 9.99. The number of ether oxygens (including phenoxy) is 1. The summed E-state index contributed by atoms with van der Waals surface area (Å²) < 4.78 is 4.87. The third kappa shape index (κ3) is 5.30. The standard InChI is InChI=1S/C26H25N3O/c1-19-9-7-10-20(2)28-16-25(19)21(3)26(23-12-5-4-6-13-23)29-24-14-8-11-22(15-24)17-30-18-27/h4-16,26,28-29H,1,3,17H2,2H3/b9-7-,20-10-,25-16+. The van der Waals surface area contributed by atoms with Gasteiger partial charge in [-0.2, -0.15) is 5.26 Å². The number of benzene rings is 2. The lowest BCUT2D eigenvalue weighted by molar-refractivity contribution is 0.257. The lowest BCUT2D eigenvalue weighted by Gasteiger charge is -2.26. The molecule has 0 saturated heterocycles. The number of nitrogens with one attached hydrogen (secondary N) is 2. The van der Waals surface area contributed by atoms with Crippen LogP contribution in [0.3, 0.4) is 0 Å². The first-order valence-corrected chi connectivity index (χ1v) is 9.70. The molecule has 0 spiro atoms. The normalized spacial score (nSPS) is 18.7. The Morgan fingerprint density at radius 1 is 1.20 bits per heavy atom. The summed E-state index contributed by atoms with van der Waals surface area (Å²) in [4.78, 5) is 0. The maximum atomic E-state index is 8.67. The fourth-order valence-electron chi connectivity index (χ4n) is 3.23. The highest BCUT2D eigenvalue weighted by Gasteiger charge is 2.20. The van der Waals surface area contributed by atoms with E-state index in [9.17, 15) is 0 Å². The van der Waals surface area contributed by atoms with E-state index in [4.69, 9.17) is 10.00 Å². The van der Waals surface area contributed by atoms with Crippen molar-refractivity contribution in [2.24, 2.45) is 0 Å². The maximum Gasteiger partial charge on any atom is 0.286 e. The molecule has 1 aliphatic rings. The van der Waals surface area contributed by atoms with Crippen molar-refractivity contribution in [1.29, 1.82) is 5.26 Å². The zero-order valence-corrected chi connectivity index (χ0v) is 17.1. The molecule has 2 aromatic carbocycles. The van der Waals surface area contributed by atoms with Crippen molar-refractivity contribution in [3.63, 3.8) is 0 Å². The van der Waals surface area contributed by atoms with E-state index in [1.807, 2.05) is 73.8 Å². The van der Waals surface area contributed by atoms with Crippen molar-refractivity contribution in [1.82, 2.24) is 5.32 Å². The van der Waals surface area contributed by atoms with Gasteiger partial charge in [0.2, 0.25) is 0 Å². The fourth-order valence-corrected chi connectivity index (χ4v) is 3.23. The summed E-state index contributed by atoms with van der Waals surface area (Å²) in [5.74, 6) is 0. The van der Waals surface area contributed by atoms with Crippen molar-refractivity contribution in [2.45, 2.75) is 19.6 Å². The summed E-state index contributed by atoms with van der Waals surface area (Å²) in [6.45, 7) is 10.9. The summed E-state index contributed by atoms with van der Waals surface area (Å²) in [5, 5.41) is 15.6. The predicted molar refractivity (Wildman–Crippen MR) is 122 cm³/mol. The van der Waals surface area contributed by atoms with Gasteiger partial charge in [0.15, 0.2) is 0 Å². The lowest BCUT2D eigenvalue weighted by Crippen LogP contribution is -2.17. The summed E-state index contributed by atoms with van der Waals surface area (Å²) in [6.07, 6.45) is 9.64. The monoisotopic (exact) mass is 395 g/mol. The molecule has 30 heavy (non-hydrogen) atoms. The van der Waals surface area contributed by atoms with E-state index >= 15 is 0 Å². The van der Waals surface area contributed by atoms with Gasteiger partial charge in [0.1, 0.15) is 6.61 Å². The molecule has 2 aromatic rings. The van der Waals surface area contributed by atoms with Gasteiger partial charge >= 0.3 is 0 Å². The quantitative estimate of drug-likeness (QED) is 0.573. The highest BCUT2D eigenvalue weighted by Crippen LogP contribution is 2.33. The smallest absolute Gasteiger partial charge is 0.286 e. The third-order valence-corrected chi connectivity index (χ3v) is 4.80. The molecule has 4 nitrogen and oxygen atoms in total. The molecule has 0 saturated carbocycles. The van der Waals surface area contributed by atoms with Gasteiger partial charge in [-0.25, -0.2) is 0 Å². The molecule has 0 aromatic heterocycles. The van der Waals surface area contributed by atoms with Crippen LogP contribution < -0.4 is 10.6 Å². The SMILES string of the molecule is C=C1/C=C\C=C(\C)N/C=C\1C(=C)C(Nc1cccc(COC#N)c1)c1ccccc1. The number of nitrogens with zero attached hydrogens (tertiary/aromatic N) is 1. The zero-order valence-electron chi connectivity index (χ0n) is 17.1. The van der Waals surface area contributed by atoms with Gasteiger partial charge in [-0.1, -0.05) is 67.8 Å². The topological polar surface area (TPSA) is 57.1 Å². The molecule has 4 heteroatoms. The molecule has 0 radical (unpaired) electrons. The average Bonchev–Trinajstić information content (AvgIpc) is 2.76. The van der Waals surface area contributed by atoms with Gasteiger partial charge < -0.3 is 15.4 Å². The van der Waals surface area contributed by atoms with Crippen LogP contribution >= 0.6 is 0 Å². The van der Waals surface area contributed by atoms with E-state index in [0.717, 1.165) is 39.2 Å². The molecule has 1 heterocycles. The van der Waals surface area contributed by atoms with Crippen LogP contribution in [0.1, 0.15) is 24.1 Å².